The average molecular weight is 228 g/mol. The maximum absolute atomic E-state index is 12.3. The van der Waals surface area contributed by atoms with Crippen LogP contribution in [-0.2, 0) is 0 Å². The van der Waals surface area contributed by atoms with Crippen LogP contribution in [-0.4, -0.2) is 29.7 Å². The van der Waals surface area contributed by atoms with Crippen LogP contribution in [0.1, 0.15) is 27.6 Å². The molecule has 1 aromatic rings. The van der Waals surface area contributed by atoms with E-state index in [4.69, 9.17) is 0 Å². The van der Waals surface area contributed by atoms with Crippen molar-refractivity contribution in [3.8, 4) is 0 Å². The fourth-order valence-electron chi connectivity index (χ4n) is 2.33. The van der Waals surface area contributed by atoms with Crippen LogP contribution in [0, 0.1) is 0 Å². The monoisotopic (exact) mass is 228 g/mol. The maximum Gasteiger partial charge on any atom is 0.212 e. The molecule has 0 spiro atoms. The molecule has 0 aromatic heterocycles. The zero-order chi connectivity index (χ0) is 12.2. The summed E-state index contributed by atoms with van der Waals surface area (Å²) in [6.45, 7) is 1.92. The van der Waals surface area contributed by atoms with Crippen LogP contribution < -0.4 is 5.32 Å². The van der Waals surface area contributed by atoms with Gasteiger partial charge in [-0.3, -0.25) is 9.59 Å². The van der Waals surface area contributed by atoms with E-state index in [1.54, 1.807) is 24.3 Å². The van der Waals surface area contributed by atoms with Crippen molar-refractivity contribution in [2.75, 3.05) is 7.05 Å². The summed E-state index contributed by atoms with van der Waals surface area (Å²) in [5, 5.41) is 3.06. The second-order valence-electron chi connectivity index (χ2n) is 4.36. The third-order valence-corrected chi connectivity index (χ3v) is 3.38. The van der Waals surface area contributed by atoms with Gasteiger partial charge in [0, 0.05) is 18.2 Å². The van der Waals surface area contributed by atoms with Gasteiger partial charge in [-0.05, 0) is 6.92 Å². The number of fused-ring (bicyclic) bond motifs is 1. The van der Waals surface area contributed by atoms with E-state index in [-0.39, 0.29) is 17.7 Å². The number of allylic oxidation sites excluding steroid dienone is 2. The van der Waals surface area contributed by atoms with Crippen molar-refractivity contribution in [2.45, 2.75) is 13.1 Å². The fraction of sp³-hybridized carbons (Fsp3) is 0.231. The third-order valence-electron chi connectivity index (χ3n) is 3.38. The quantitative estimate of drug-likeness (QED) is 0.724. The molecule has 0 saturated carbocycles. The molecule has 86 valence electrons. The van der Waals surface area contributed by atoms with Crippen LogP contribution >= 0.6 is 0 Å². The van der Waals surface area contributed by atoms with Gasteiger partial charge in [0.2, 0.25) is 11.6 Å². The zero-order valence-corrected chi connectivity index (χ0v) is 9.65. The van der Waals surface area contributed by atoms with E-state index in [2.05, 4.69) is 5.32 Å². The summed E-state index contributed by atoms with van der Waals surface area (Å²) in [6.07, 6.45) is -0.0257. The molecule has 1 aromatic carbocycles. The van der Waals surface area contributed by atoms with Gasteiger partial charge in [-0.25, -0.2) is 0 Å². The molecule has 1 unspecified atom stereocenters. The normalized spacial score (nSPS) is 22.5. The number of carbonyl (C=O) groups excluding carboxylic acids is 2. The first-order valence-corrected chi connectivity index (χ1v) is 5.53. The van der Waals surface area contributed by atoms with Crippen molar-refractivity contribution >= 4 is 11.6 Å². The molecule has 0 saturated heterocycles. The summed E-state index contributed by atoms with van der Waals surface area (Å²) >= 11 is 0. The number of Topliss-reactive ketones (excluding diaryl/α,β-unsaturated/α-hetero) is 2. The SMILES string of the molecule is CC1NC2=C(C(=O)c3ccccc3C2=O)N1C. The molecule has 2 aliphatic rings. The van der Waals surface area contributed by atoms with E-state index in [0.717, 1.165) is 0 Å². The minimum absolute atomic E-state index is 0.0257. The van der Waals surface area contributed by atoms with Crippen LogP contribution in [0.15, 0.2) is 35.7 Å². The topological polar surface area (TPSA) is 49.4 Å². The summed E-state index contributed by atoms with van der Waals surface area (Å²) in [4.78, 5) is 26.4. The molecular formula is C13H12N2O2. The lowest BCUT2D eigenvalue weighted by Gasteiger charge is -2.21. The first kappa shape index (κ1) is 10.1. The van der Waals surface area contributed by atoms with E-state index in [1.807, 2.05) is 18.9 Å². The molecule has 1 N–H and O–H groups in total. The van der Waals surface area contributed by atoms with Crippen molar-refractivity contribution in [2.24, 2.45) is 0 Å². The Kier molecular flexibility index (Phi) is 1.90. The van der Waals surface area contributed by atoms with Crippen molar-refractivity contribution in [3.63, 3.8) is 0 Å². The molecule has 0 amide bonds. The number of nitrogens with one attached hydrogen (secondary N) is 1. The minimum atomic E-state index is -0.0913. The molecule has 1 atom stereocenters. The number of hydrogen-bond donors (Lipinski definition) is 1. The van der Waals surface area contributed by atoms with Crippen molar-refractivity contribution < 1.29 is 9.59 Å². The van der Waals surface area contributed by atoms with E-state index in [1.165, 1.54) is 0 Å². The van der Waals surface area contributed by atoms with Gasteiger partial charge < -0.3 is 10.2 Å². The van der Waals surface area contributed by atoms with E-state index >= 15 is 0 Å². The van der Waals surface area contributed by atoms with Gasteiger partial charge >= 0.3 is 0 Å². The lowest BCUT2D eigenvalue weighted by Crippen LogP contribution is -2.32. The van der Waals surface area contributed by atoms with Gasteiger partial charge in [0.15, 0.2) is 0 Å². The number of nitrogens with zero attached hydrogens (tertiary/aromatic N) is 1. The van der Waals surface area contributed by atoms with Gasteiger partial charge in [0.25, 0.3) is 0 Å². The molecule has 0 bridgehead atoms. The molecule has 17 heavy (non-hydrogen) atoms. The smallest absolute Gasteiger partial charge is 0.212 e. The molecule has 0 fully saturated rings. The van der Waals surface area contributed by atoms with Crippen molar-refractivity contribution in [1.29, 1.82) is 0 Å². The highest BCUT2D eigenvalue weighted by Gasteiger charge is 2.39. The molecule has 4 heteroatoms. The van der Waals surface area contributed by atoms with Crippen LogP contribution in [0.5, 0.6) is 0 Å². The van der Waals surface area contributed by atoms with Gasteiger partial charge in [0.1, 0.15) is 11.4 Å². The minimum Gasteiger partial charge on any atom is -0.360 e. The van der Waals surface area contributed by atoms with Gasteiger partial charge in [-0.15, -0.1) is 0 Å². The van der Waals surface area contributed by atoms with Crippen molar-refractivity contribution in [1.82, 2.24) is 10.2 Å². The Morgan fingerprint density at radius 1 is 1.12 bits per heavy atom. The lowest BCUT2D eigenvalue weighted by atomic mass is 9.91. The Hall–Kier alpha value is -2.10. The van der Waals surface area contributed by atoms with Gasteiger partial charge in [-0.2, -0.15) is 0 Å². The Labute approximate surface area is 98.9 Å². The van der Waals surface area contributed by atoms with Gasteiger partial charge in [0.05, 0.1) is 6.17 Å². The standard InChI is InChI=1S/C13H12N2O2/c1-7-14-10-11(15(7)2)13(17)9-6-4-3-5-8(9)12(10)16/h3-7,14H,1-2H3. The van der Waals surface area contributed by atoms with Gasteiger partial charge in [-0.1, -0.05) is 24.3 Å². The summed E-state index contributed by atoms with van der Waals surface area (Å²) in [5.41, 5.74) is 1.91. The second kappa shape index (κ2) is 3.20. The van der Waals surface area contributed by atoms with E-state index in [9.17, 15) is 9.59 Å². The average Bonchev–Trinajstić information content (AvgIpc) is 2.64. The van der Waals surface area contributed by atoms with Crippen LogP contribution in [0.3, 0.4) is 0 Å². The number of ketones is 2. The van der Waals surface area contributed by atoms with Crippen LogP contribution in [0.2, 0.25) is 0 Å². The molecule has 3 rings (SSSR count). The number of hydrogen-bond acceptors (Lipinski definition) is 4. The van der Waals surface area contributed by atoms with E-state index < -0.39 is 0 Å². The molecule has 0 radical (unpaired) electrons. The molecule has 1 aliphatic heterocycles. The summed E-state index contributed by atoms with van der Waals surface area (Å²) in [6, 6.07) is 6.96. The number of likely N-dealkylation sites (N-methyl/N-ethyl adjacent to an activating group) is 1. The highest BCUT2D eigenvalue weighted by atomic mass is 16.1. The Morgan fingerprint density at radius 3 is 2.35 bits per heavy atom. The number of rotatable bonds is 0. The molecular weight excluding hydrogens is 216 g/mol. The highest BCUT2D eigenvalue weighted by molar-refractivity contribution is 6.26. The number of benzene rings is 1. The van der Waals surface area contributed by atoms with Crippen LogP contribution in [0.4, 0.5) is 0 Å². The Bertz CT molecular complexity index is 575. The Balaban J connectivity index is 2.22. The largest absolute Gasteiger partial charge is 0.360 e. The number of carbonyl (C=O) groups is 2. The van der Waals surface area contributed by atoms with Crippen LogP contribution in [0.25, 0.3) is 0 Å². The van der Waals surface area contributed by atoms with E-state index in [0.29, 0.717) is 22.5 Å². The summed E-state index contributed by atoms with van der Waals surface area (Å²) in [7, 11) is 1.82. The first-order chi connectivity index (χ1) is 8.11. The highest BCUT2D eigenvalue weighted by Crippen LogP contribution is 2.30. The fourth-order valence-corrected chi connectivity index (χ4v) is 2.33. The first-order valence-electron chi connectivity index (χ1n) is 5.53. The molecule has 1 aliphatic carbocycles. The lowest BCUT2D eigenvalue weighted by molar-refractivity contribution is 0.0957. The molecule has 1 heterocycles. The Morgan fingerprint density at radius 2 is 1.71 bits per heavy atom. The maximum atomic E-state index is 12.3. The summed E-state index contributed by atoms with van der Waals surface area (Å²) in [5.74, 6) is -0.166. The predicted octanol–water partition coefficient (Wildman–Crippen LogP) is 1.16. The second-order valence-corrected chi connectivity index (χ2v) is 4.36. The summed E-state index contributed by atoms with van der Waals surface area (Å²) < 4.78 is 0. The van der Waals surface area contributed by atoms with Crippen molar-refractivity contribution in [3.05, 3.63) is 46.8 Å². The zero-order valence-electron chi connectivity index (χ0n) is 9.65. The predicted molar refractivity (Wildman–Crippen MR) is 62.5 cm³/mol. The molecule has 4 nitrogen and oxygen atoms in total. The third kappa shape index (κ3) is 1.18.